The minimum Gasteiger partial charge on any atom is -0.360 e. The van der Waals surface area contributed by atoms with Crippen LogP contribution in [0.3, 0.4) is 0 Å². The lowest BCUT2D eigenvalue weighted by Crippen LogP contribution is -2.12. The van der Waals surface area contributed by atoms with Gasteiger partial charge in [0.1, 0.15) is 0 Å². The van der Waals surface area contributed by atoms with E-state index in [1.807, 2.05) is 6.92 Å². The Morgan fingerprint density at radius 2 is 2.26 bits per heavy atom. The molecule has 0 aliphatic carbocycles. The van der Waals surface area contributed by atoms with E-state index in [9.17, 15) is 4.79 Å². The number of rotatable bonds is 5. The van der Waals surface area contributed by atoms with Gasteiger partial charge in [-0.1, -0.05) is 18.3 Å². The first-order chi connectivity index (χ1) is 9.20. The van der Waals surface area contributed by atoms with Gasteiger partial charge in [0, 0.05) is 24.6 Å². The van der Waals surface area contributed by atoms with Crippen molar-refractivity contribution in [3.8, 4) is 0 Å². The third-order valence-corrected chi connectivity index (χ3v) is 3.29. The Balaban J connectivity index is 2.04. The molecule has 0 aliphatic heterocycles. The Labute approximate surface area is 115 Å². The molecular weight excluding hydrogens is 262 g/mol. The van der Waals surface area contributed by atoms with Crippen molar-refractivity contribution in [3.63, 3.8) is 0 Å². The smallest absolute Gasteiger partial charge is 0.286 e. The van der Waals surface area contributed by atoms with Gasteiger partial charge in [-0.15, -0.1) is 10.2 Å². The number of anilines is 2. The highest BCUT2D eigenvalue weighted by Crippen LogP contribution is 2.18. The summed E-state index contributed by atoms with van der Waals surface area (Å²) in [4.78, 5) is 16.0. The normalized spacial score (nSPS) is 10.2. The van der Waals surface area contributed by atoms with Gasteiger partial charge in [-0.2, -0.15) is 0 Å². The predicted octanol–water partition coefficient (Wildman–Crippen LogP) is 2.32. The first-order valence-electron chi connectivity index (χ1n) is 6.00. The van der Waals surface area contributed by atoms with E-state index in [-0.39, 0.29) is 5.91 Å². The Morgan fingerprint density at radius 1 is 1.42 bits per heavy atom. The van der Waals surface area contributed by atoms with Crippen LogP contribution in [0, 0.1) is 6.92 Å². The summed E-state index contributed by atoms with van der Waals surface area (Å²) >= 11 is 1.25. The van der Waals surface area contributed by atoms with Crippen molar-refractivity contribution in [2.24, 2.45) is 0 Å². The summed E-state index contributed by atoms with van der Waals surface area (Å²) in [5.74, 6) is -0.253. The summed E-state index contributed by atoms with van der Waals surface area (Å²) in [6.07, 6.45) is 4.33. The first kappa shape index (κ1) is 13.4. The van der Waals surface area contributed by atoms with E-state index in [1.54, 1.807) is 18.5 Å². The zero-order chi connectivity index (χ0) is 13.7. The zero-order valence-electron chi connectivity index (χ0n) is 10.8. The molecule has 2 aromatic rings. The molecule has 0 atom stereocenters. The molecule has 100 valence electrons. The summed E-state index contributed by atoms with van der Waals surface area (Å²) in [6, 6.07) is 1.75. The average molecular weight is 277 g/mol. The molecule has 2 heterocycles. The second kappa shape index (κ2) is 6.24. The van der Waals surface area contributed by atoms with Gasteiger partial charge in [0.25, 0.3) is 5.91 Å². The fraction of sp³-hybridized carbons (Fsp3) is 0.333. The van der Waals surface area contributed by atoms with Crippen molar-refractivity contribution in [2.45, 2.75) is 20.3 Å². The van der Waals surface area contributed by atoms with Crippen molar-refractivity contribution >= 4 is 28.1 Å². The van der Waals surface area contributed by atoms with Crippen LogP contribution >= 0.6 is 11.3 Å². The minimum atomic E-state index is -0.253. The van der Waals surface area contributed by atoms with E-state index in [0.29, 0.717) is 10.1 Å². The number of carbonyl (C=O) groups excluding carboxylic acids is 1. The van der Waals surface area contributed by atoms with Gasteiger partial charge >= 0.3 is 0 Å². The Bertz CT molecular complexity index is 569. The van der Waals surface area contributed by atoms with E-state index >= 15 is 0 Å². The molecule has 0 fully saturated rings. The molecule has 0 bridgehead atoms. The molecule has 2 rings (SSSR count). The second-order valence-corrected chi connectivity index (χ2v) is 4.96. The van der Waals surface area contributed by atoms with Gasteiger partial charge < -0.3 is 10.6 Å². The molecule has 1 amide bonds. The molecule has 2 aromatic heterocycles. The van der Waals surface area contributed by atoms with Crippen LogP contribution in [0.4, 0.5) is 10.8 Å². The first-order valence-corrected chi connectivity index (χ1v) is 6.81. The maximum absolute atomic E-state index is 12.0. The molecule has 0 aliphatic rings. The van der Waals surface area contributed by atoms with Gasteiger partial charge in [-0.05, 0) is 25.0 Å². The van der Waals surface area contributed by atoms with Crippen LogP contribution in [0.5, 0.6) is 0 Å². The van der Waals surface area contributed by atoms with Crippen molar-refractivity contribution in [1.29, 1.82) is 0 Å². The number of nitrogens with zero attached hydrogens (tertiary/aromatic N) is 3. The van der Waals surface area contributed by atoms with E-state index in [0.717, 1.165) is 24.2 Å². The SMILES string of the molecule is CCCNc1nnc(C(=O)Nc2ccncc2C)s1. The second-order valence-electron chi connectivity index (χ2n) is 3.98. The quantitative estimate of drug-likeness (QED) is 0.876. The lowest BCUT2D eigenvalue weighted by molar-refractivity contribution is 0.102. The lowest BCUT2D eigenvalue weighted by Gasteiger charge is -2.04. The van der Waals surface area contributed by atoms with Crippen molar-refractivity contribution < 1.29 is 4.79 Å². The number of pyridine rings is 1. The summed E-state index contributed by atoms with van der Waals surface area (Å²) in [5.41, 5.74) is 1.64. The number of nitrogens with one attached hydrogen (secondary N) is 2. The van der Waals surface area contributed by atoms with Gasteiger partial charge in [-0.25, -0.2) is 0 Å². The van der Waals surface area contributed by atoms with Crippen LogP contribution in [-0.4, -0.2) is 27.6 Å². The summed E-state index contributed by atoms with van der Waals surface area (Å²) in [5, 5.41) is 14.7. The molecular formula is C12H15N5OS. The van der Waals surface area contributed by atoms with E-state index < -0.39 is 0 Å². The summed E-state index contributed by atoms with van der Waals surface area (Å²) in [6.45, 7) is 4.77. The fourth-order valence-electron chi connectivity index (χ4n) is 1.41. The standard InChI is InChI=1S/C12H15N5OS/c1-3-5-14-12-17-16-11(19-12)10(18)15-9-4-6-13-7-8(9)2/h4,6-7H,3,5H2,1-2H3,(H,14,17)(H,13,15,18). The molecule has 0 unspecified atom stereocenters. The molecule has 6 nitrogen and oxygen atoms in total. The van der Waals surface area contributed by atoms with Crippen molar-refractivity contribution in [3.05, 3.63) is 29.0 Å². The van der Waals surface area contributed by atoms with Gasteiger partial charge in [0.15, 0.2) is 0 Å². The van der Waals surface area contributed by atoms with E-state index in [2.05, 4.69) is 32.7 Å². The molecule has 19 heavy (non-hydrogen) atoms. The highest BCUT2D eigenvalue weighted by molar-refractivity contribution is 7.17. The number of hydrogen-bond donors (Lipinski definition) is 2. The van der Waals surface area contributed by atoms with Gasteiger partial charge in [-0.3, -0.25) is 9.78 Å². The van der Waals surface area contributed by atoms with E-state index in [4.69, 9.17) is 0 Å². The van der Waals surface area contributed by atoms with Crippen LogP contribution < -0.4 is 10.6 Å². The highest BCUT2D eigenvalue weighted by Gasteiger charge is 2.13. The summed E-state index contributed by atoms with van der Waals surface area (Å²) < 4.78 is 0. The largest absolute Gasteiger partial charge is 0.360 e. The third-order valence-electron chi connectivity index (χ3n) is 2.41. The minimum absolute atomic E-state index is 0.253. The molecule has 0 radical (unpaired) electrons. The highest BCUT2D eigenvalue weighted by atomic mass is 32.1. The predicted molar refractivity (Wildman–Crippen MR) is 75.6 cm³/mol. The molecule has 0 saturated carbocycles. The number of aryl methyl sites for hydroxylation is 1. The number of aromatic nitrogens is 3. The monoisotopic (exact) mass is 277 g/mol. The van der Waals surface area contributed by atoms with Crippen LogP contribution in [0.2, 0.25) is 0 Å². The topological polar surface area (TPSA) is 79.8 Å². The Kier molecular flexibility index (Phi) is 4.40. The van der Waals surface area contributed by atoms with Crippen molar-refractivity contribution in [2.75, 3.05) is 17.2 Å². The Hall–Kier alpha value is -2.02. The number of carbonyl (C=O) groups is 1. The van der Waals surface area contributed by atoms with Crippen LogP contribution in [0.25, 0.3) is 0 Å². The van der Waals surface area contributed by atoms with Crippen LogP contribution in [-0.2, 0) is 0 Å². The molecule has 2 N–H and O–H groups in total. The van der Waals surface area contributed by atoms with Crippen LogP contribution in [0.15, 0.2) is 18.5 Å². The molecule has 0 saturated heterocycles. The van der Waals surface area contributed by atoms with E-state index in [1.165, 1.54) is 11.3 Å². The fourth-order valence-corrected chi connectivity index (χ4v) is 2.07. The van der Waals surface area contributed by atoms with Gasteiger partial charge in [0.05, 0.1) is 0 Å². The number of hydrogen-bond acceptors (Lipinski definition) is 6. The molecule has 7 heteroatoms. The third kappa shape index (κ3) is 3.47. The number of amides is 1. The summed E-state index contributed by atoms with van der Waals surface area (Å²) in [7, 11) is 0. The maximum atomic E-state index is 12.0. The molecule has 0 spiro atoms. The van der Waals surface area contributed by atoms with Crippen LogP contribution in [0.1, 0.15) is 28.7 Å². The van der Waals surface area contributed by atoms with Gasteiger partial charge in [0.2, 0.25) is 10.1 Å². The molecule has 0 aromatic carbocycles. The zero-order valence-corrected chi connectivity index (χ0v) is 11.6. The lowest BCUT2D eigenvalue weighted by atomic mass is 10.2. The average Bonchev–Trinajstić information content (AvgIpc) is 2.88. The maximum Gasteiger partial charge on any atom is 0.286 e. The Morgan fingerprint density at radius 3 is 3.00 bits per heavy atom. The van der Waals surface area contributed by atoms with Crippen molar-refractivity contribution in [1.82, 2.24) is 15.2 Å².